The number of pyridine rings is 1. The molecule has 0 aliphatic carbocycles. The van der Waals surface area contributed by atoms with Crippen molar-refractivity contribution in [2.45, 2.75) is 6.54 Å². The lowest BCUT2D eigenvalue weighted by Gasteiger charge is -2.30. The van der Waals surface area contributed by atoms with Gasteiger partial charge in [-0.05, 0) is 23.8 Å². The van der Waals surface area contributed by atoms with Gasteiger partial charge in [-0.3, -0.25) is 24.4 Å². The highest BCUT2D eigenvalue weighted by atomic mass is 32.1. The minimum Gasteiger partial charge on any atom is -0.492 e. The van der Waals surface area contributed by atoms with Gasteiger partial charge in [0, 0.05) is 57.6 Å². The molecule has 1 aromatic carbocycles. The molecule has 204 valence electrons. The Hall–Kier alpha value is -3.65. The van der Waals surface area contributed by atoms with E-state index in [4.69, 9.17) is 9.47 Å². The summed E-state index contributed by atoms with van der Waals surface area (Å²) >= 11 is 1.09. The van der Waals surface area contributed by atoms with Gasteiger partial charge in [0.1, 0.15) is 12.4 Å². The number of rotatable bonds is 8. The third-order valence-electron chi connectivity index (χ3n) is 7.01. The monoisotopic (exact) mass is 550 g/mol. The van der Waals surface area contributed by atoms with Crippen LogP contribution in [0.1, 0.15) is 25.7 Å². The number of aromatic nitrogens is 3. The molecule has 0 unspecified atom stereocenters. The zero-order chi connectivity index (χ0) is 26.6. The molecule has 0 bridgehead atoms. The minimum absolute atomic E-state index is 0.177. The summed E-state index contributed by atoms with van der Waals surface area (Å²) in [5.41, 5.74) is 3.00. The SMILES string of the molecule is O=C(Nc1cnccc1N1CCNCC1)c1nnc(N2Cc3ccc(OCCN4CCOCC4)cc3C2=O)s1. The first-order valence-corrected chi connectivity index (χ1v) is 13.9. The molecular weight excluding hydrogens is 520 g/mol. The zero-order valence-electron chi connectivity index (χ0n) is 21.5. The Morgan fingerprint density at radius 1 is 1.13 bits per heavy atom. The average molecular weight is 551 g/mol. The molecule has 2 aromatic heterocycles. The van der Waals surface area contributed by atoms with Crippen LogP contribution in [0.5, 0.6) is 5.75 Å². The number of amides is 2. The first-order valence-electron chi connectivity index (χ1n) is 13.1. The van der Waals surface area contributed by atoms with Crippen molar-refractivity contribution in [3.05, 3.63) is 52.8 Å². The third-order valence-corrected chi connectivity index (χ3v) is 7.95. The van der Waals surface area contributed by atoms with Crippen LogP contribution in [0.2, 0.25) is 0 Å². The fraction of sp³-hybridized carbons (Fsp3) is 0.423. The number of nitrogens with one attached hydrogen (secondary N) is 2. The number of carbonyl (C=O) groups excluding carboxylic acids is 2. The van der Waals surface area contributed by atoms with E-state index in [2.05, 4.69) is 35.6 Å². The second-order valence-electron chi connectivity index (χ2n) is 9.49. The van der Waals surface area contributed by atoms with Crippen LogP contribution in [0.15, 0.2) is 36.7 Å². The Labute approximate surface area is 229 Å². The summed E-state index contributed by atoms with van der Waals surface area (Å²) < 4.78 is 11.3. The van der Waals surface area contributed by atoms with Gasteiger partial charge in [-0.2, -0.15) is 0 Å². The molecule has 12 nitrogen and oxygen atoms in total. The maximum Gasteiger partial charge on any atom is 0.286 e. The van der Waals surface area contributed by atoms with E-state index >= 15 is 0 Å². The molecule has 2 saturated heterocycles. The van der Waals surface area contributed by atoms with Gasteiger partial charge in [0.15, 0.2) is 0 Å². The Bertz CT molecular complexity index is 1340. The first-order chi connectivity index (χ1) is 19.2. The number of nitrogens with zero attached hydrogens (tertiary/aromatic N) is 6. The van der Waals surface area contributed by atoms with Gasteiger partial charge in [0.05, 0.1) is 37.3 Å². The third kappa shape index (κ3) is 5.71. The van der Waals surface area contributed by atoms with E-state index in [1.165, 1.54) is 0 Å². The van der Waals surface area contributed by atoms with Crippen molar-refractivity contribution < 1.29 is 19.1 Å². The molecule has 39 heavy (non-hydrogen) atoms. The summed E-state index contributed by atoms with van der Waals surface area (Å²) in [6.45, 7) is 8.47. The fourth-order valence-corrected chi connectivity index (χ4v) is 5.64. The molecule has 3 aliphatic rings. The van der Waals surface area contributed by atoms with E-state index in [-0.39, 0.29) is 16.8 Å². The molecule has 0 spiro atoms. The number of morpholine rings is 1. The molecule has 0 atom stereocenters. The Kier molecular flexibility index (Phi) is 7.63. The Morgan fingerprint density at radius 2 is 1.97 bits per heavy atom. The Morgan fingerprint density at radius 3 is 2.82 bits per heavy atom. The summed E-state index contributed by atoms with van der Waals surface area (Å²) in [4.78, 5) is 36.5. The van der Waals surface area contributed by atoms with Gasteiger partial charge in [-0.25, -0.2) is 0 Å². The molecule has 2 N–H and O–H groups in total. The number of hydrogen-bond acceptors (Lipinski definition) is 11. The van der Waals surface area contributed by atoms with Crippen molar-refractivity contribution in [3.63, 3.8) is 0 Å². The highest BCUT2D eigenvalue weighted by Crippen LogP contribution is 2.33. The van der Waals surface area contributed by atoms with Crippen molar-refractivity contribution in [3.8, 4) is 5.75 Å². The van der Waals surface area contributed by atoms with Crippen LogP contribution in [0.4, 0.5) is 16.5 Å². The van der Waals surface area contributed by atoms with Crippen LogP contribution in [0.3, 0.4) is 0 Å². The molecule has 3 aliphatic heterocycles. The number of carbonyl (C=O) groups is 2. The summed E-state index contributed by atoms with van der Waals surface area (Å²) in [6.07, 6.45) is 3.35. The summed E-state index contributed by atoms with van der Waals surface area (Å²) in [7, 11) is 0. The molecule has 3 aromatic rings. The van der Waals surface area contributed by atoms with E-state index < -0.39 is 0 Å². The van der Waals surface area contributed by atoms with Gasteiger partial charge in [0.2, 0.25) is 10.1 Å². The van der Waals surface area contributed by atoms with Gasteiger partial charge in [-0.15, -0.1) is 10.2 Å². The van der Waals surface area contributed by atoms with Crippen molar-refractivity contribution in [2.75, 3.05) is 80.8 Å². The van der Waals surface area contributed by atoms with Gasteiger partial charge < -0.3 is 25.0 Å². The number of piperazine rings is 1. The predicted octanol–water partition coefficient (Wildman–Crippen LogP) is 1.47. The number of anilines is 3. The van der Waals surface area contributed by atoms with E-state index in [0.29, 0.717) is 35.3 Å². The van der Waals surface area contributed by atoms with Crippen LogP contribution in [-0.4, -0.2) is 97.5 Å². The molecule has 5 heterocycles. The average Bonchev–Trinajstić information content (AvgIpc) is 3.59. The highest BCUT2D eigenvalue weighted by molar-refractivity contribution is 7.17. The fourth-order valence-electron chi connectivity index (χ4n) is 4.90. The van der Waals surface area contributed by atoms with Crippen molar-refractivity contribution in [2.24, 2.45) is 0 Å². The molecule has 2 fully saturated rings. The van der Waals surface area contributed by atoms with Crippen LogP contribution >= 0.6 is 11.3 Å². The molecule has 2 amide bonds. The lowest BCUT2D eigenvalue weighted by molar-refractivity contribution is 0.0322. The lowest BCUT2D eigenvalue weighted by atomic mass is 10.1. The van der Waals surface area contributed by atoms with Crippen molar-refractivity contribution in [1.82, 2.24) is 25.4 Å². The summed E-state index contributed by atoms with van der Waals surface area (Å²) in [5.74, 6) is 0.0922. The lowest BCUT2D eigenvalue weighted by Crippen LogP contribution is -2.43. The first kappa shape index (κ1) is 25.6. The molecule has 0 radical (unpaired) electrons. The van der Waals surface area contributed by atoms with Crippen molar-refractivity contribution >= 4 is 39.7 Å². The standard InChI is InChI=1S/C26H30N8O4S/c35-23(29-21-16-28-4-3-22(21)33-7-5-27-6-8-33)24-30-31-26(39-24)34-17-18-1-2-19(15-20(18)25(34)36)38-14-11-32-9-12-37-13-10-32/h1-4,15-16,27H,5-14,17H2,(H,29,35). The van der Waals surface area contributed by atoms with Gasteiger partial charge in [0.25, 0.3) is 11.8 Å². The zero-order valence-corrected chi connectivity index (χ0v) is 22.3. The number of hydrogen-bond donors (Lipinski definition) is 2. The number of benzene rings is 1. The van der Waals surface area contributed by atoms with E-state index in [1.54, 1.807) is 23.4 Å². The van der Waals surface area contributed by atoms with E-state index in [9.17, 15) is 9.59 Å². The minimum atomic E-state index is -0.386. The van der Waals surface area contributed by atoms with E-state index in [1.807, 2.05) is 18.2 Å². The number of fused-ring (bicyclic) bond motifs is 1. The maximum atomic E-state index is 13.2. The van der Waals surface area contributed by atoms with E-state index in [0.717, 1.165) is 81.6 Å². The summed E-state index contributed by atoms with van der Waals surface area (Å²) in [6, 6.07) is 7.47. The van der Waals surface area contributed by atoms with Crippen LogP contribution < -0.4 is 25.2 Å². The van der Waals surface area contributed by atoms with Crippen LogP contribution in [-0.2, 0) is 11.3 Å². The predicted molar refractivity (Wildman–Crippen MR) is 147 cm³/mol. The normalized spacial score (nSPS) is 17.8. The second kappa shape index (κ2) is 11.6. The molecular formula is C26H30N8O4S. The van der Waals surface area contributed by atoms with Crippen LogP contribution in [0.25, 0.3) is 0 Å². The quantitative estimate of drug-likeness (QED) is 0.426. The molecule has 0 saturated carbocycles. The number of ether oxygens (including phenoxy) is 2. The van der Waals surface area contributed by atoms with Gasteiger partial charge in [-0.1, -0.05) is 17.4 Å². The maximum absolute atomic E-state index is 13.2. The Balaban J connectivity index is 1.09. The highest BCUT2D eigenvalue weighted by Gasteiger charge is 2.32. The topological polar surface area (TPSA) is 125 Å². The van der Waals surface area contributed by atoms with Gasteiger partial charge >= 0.3 is 0 Å². The van der Waals surface area contributed by atoms with Crippen molar-refractivity contribution in [1.29, 1.82) is 0 Å². The smallest absolute Gasteiger partial charge is 0.286 e. The molecule has 13 heteroatoms. The summed E-state index contributed by atoms with van der Waals surface area (Å²) in [5, 5.41) is 15.0. The largest absolute Gasteiger partial charge is 0.492 e. The van der Waals surface area contributed by atoms with Crippen LogP contribution in [0, 0.1) is 0 Å². The second-order valence-corrected chi connectivity index (χ2v) is 10.4. The molecule has 6 rings (SSSR count).